The summed E-state index contributed by atoms with van der Waals surface area (Å²) in [4.78, 5) is 25.1. The van der Waals surface area contributed by atoms with Gasteiger partial charge in [0.15, 0.2) is 0 Å². The average Bonchev–Trinajstić information content (AvgIpc) is 2.15. The molecule has 0 spiro atoms. The van der Waals surface area contributed by atoms with Gasteiger partial charge in [0, 0.05) is 0 Å². The van der Waals surface area contributed by atoms with E-state index < -0.39 is 11.2 Å². The molecule has 4 nitrogen and oxygen atoms in total. The van der Waals surface area contributed by atoms with E-state index in [-0.39, 0.29) is 0 Å². The second kappa shape index (κ2) is 4.47. The minimum atomic E-state index is -1.16. The van der Waals surface area contributed by atoms with Crippen LogP contribution in [0.2, 0.25) is 0 Å². The van der Waals surface area contributed by atoms with Crippen LogP contribution in [0.5, 0.6) is 0 Å². The number of rotatable bonds is 3. The molecule has 0 aliphatic carbocycles. The SMILES string of the molecule is O=C(Cl)C(=O)ONc1ccccc1. The molecule has 0 saturated carbocycles. The van der Waals surface area contributed by atoms with E-state index in [4.69, 9.17) is 11.6 Å². The van der Waals surface area contributed by atoms with E-state index in [0.717, 1.165) is 0 Å². The number of benzene rings is 1. The Kier molecular flexibility index (Phi) is 3.28. The summed E-state index contributed by atoms with van der Waals surface area (Å²) in [7, 11) is 0. The van der Waals surface area contributed by atoms with Crippen LogP contribution < -0.4 is 5.48 Å². The van der Waals surface area contributed by atoms with Gasteiger partial charge in [-0.25, -0.2) is 10.3 Å². The minimum absolute atomic E-state index is 0.564. The molecule has 1 N–H and O–H groups in total. The quantitative estimate of drug-likeness (QED) is 0.453. The van der Waals surface area contributed by atoms with Gasteiger partial charge in [-0.15, -0.1) is 0 Å². The van der Waals surface area contributed by atoms with E-state index in [1.165, 1.54) is 0 Å². The van der Waals surface area contributed by atoms with Crippen molar-refractivity contribution in [1.82, 2.24) is 0 Å². The fraction of sp³-hybridized carbons (Fsp3) is 0. The third-order valence-corrected chi connectivity index (χ3v) is 1.35. The Hall–Kier alpha value is -1.55. The van der Waals surface area contributed by atoms with Crippen molar-refractivity contribution in [1.29, 1.82) is 0 Å². The lowest BCUT2D eigenvalue weighted by Gasteiger charge is -2.02. The molecule has 1 aromatic rings. The average molecular weight is 200 g/mol. The highest BCUT2D eigenvalue weighted by Gasteiger charge is 2.11. The normalized spacial score (nSPS) is 9.00. The molecule has 0 heterocycles. The standard InChI is InChI=1S/C8H6ClNO3/c9-7(11)8(12)13-10-6-4-2-1-3-5-6/h1-5,10H. The second-order valence-electron chi connectivity index (χ2n) is 2.13. The van der Waals surface area contributed by atoms with Gasteiger partial charge in [-0.1, -0.05) is 18.2 Å². The first-order valence-corrected chi connectivity index (χ1v) is 3.79. The number of para-hydroxylation sites is 1. The van der Waals surface area contributed by atoms with Crippen molar-refractivity contribution in [2.24, 2.45) is 0 Å². The van der Waals surface area contributed by atoms with Crippen molar-refractivity contribution in [3.05, 3.63) is 30.3 Å². The molecule has 0 aliphatic rings. The third kappa shape index (κ3) is 3.13. The Bertz CT molecular complexity index is 312. The van der Waals surface area contributed by atoms with E-state index in [0.29, 0.717) is 5.69 Å². The van der Waals surface area contributed by atoms with Crippen LogP contribution in [-0.4, -0.2) is 11.2 Å². The Morgan fingerprint density at radius 3 is 2.38 bits per heavy atom. The highest BCUT2D eigenvalue weighted by atomic mass is 35.5. The van der Waals surface area contributed by atoms with Crippen LogP contribution in [0.3, 0.4) is 0 Å². The van der Waals surface area contributed by atoms with Gasteiger partial charge in [-0.3, -0.25) is 4.79 Å². The van der Waals surface area contributed by atoms with Gasteiger partial charge >= 0.3 is 11.2 Å². The Morgan fingerprint density at radius 1 is 1.23 bits per heavy atom. The van der Waals surface area contributed by atoms with Crippen LogP contribution in [0.1, 0.15) is 0 Å². The van der Waals surface area contributed by atoms with Gasteiger partial charge in [0.2, 0.25) is 0 Å². The molecule has 5 heteroatoms. The lowest BCUT2D eigenvalue weighted by molar-refractivity contribution is -0.148. The molecule has 0 atom stereocenters. The maximum absolute atomic E-state index is 10.5. The van der Waals surface area contributed by atoms with Crippen LogP contribution in [0.15, 0.2) is 30.3 Å². The monoisotopic (exact) mass is 199 g/mol. The first-order chi connectivity index (χ1) is 6.20. The topological polar surface area (TPSA) is 55.4 Å². The van der Waals surface area contributed by atoms with Crippen LogP contribution in [0.25, 0.3) is 0 Å². The van der Waals surface area contributed by atoms with Crippen molar-refractivity contribution in [2.45, 2.75) is 0 Å². The first-order valence-electron chi connectivity index (χ1n) is 3.42. The van der Waals surface area contributed by atoms with Gasteiger partial charge in [0.25, 0.3) is 0 Å². The fourth-order valence-corrected chi connectivity index (χ4v) is 0.690. The summed E-state index contributed by atoms with van der Waals surface area (Å²) in [5, 5.41) is -1.16. The van der Waals surface area contributed by atoms with Gasteiger partial charge in [-0.2, -0.15) is 0 Å². The maximum Gasteiger partial charge on any atom is 0.415 e. The number of carbonyl (C=O) groups is 2. The minimum Gasteiger partial charge on any atom is -0.334 e. The van der Waals surface area contributed by atoms with E-state index in [2.05, 4.69) is 10.3 Å². The smallest absolute Gasteiger partial charge is 0.334 e. The van der Waals surface area contributed by atoms with Crippen LogP contribution in [-0.2, 0) is 14.4 Å². The Balaban J connectivity index is 2.44. The molecule has 13 heavy (non-hydrogen) atoms. The number of anilines is 1. The fourth-order valence-electron chi connectivity index (χ4n) is 0.652. The van der Waals surface area contributed by atoms with Crippen molar-refractivity contribution in [3.8, 4) is 0 Å². The zero-order chi connectivity index (χ0) is 9.68. The zero-order valence-electron chi connectivity index (χ0n) is 6.49. The summed E-state index contributed by atoms with van der Waals surface area (Å²) in [5.74, 6) is -1.13. The predicted molar refractivity (Wildman–Crippen MR) is 47.0 cm³/mol. The summed E-state index contributed by atoms with van der Waals surface area (Å²) < 4.78 is 0. The van der Waals surface area contributed by atoms with Crippen LogP contribution in [0, 0.1) is 0 Å². The van der Waals surface area contributed by atoms with Gasteiger partial charge in [0.05, 0.1) is 5.69 Å². The molecule has 0 unspecified atom stereocenters. The number of nitrogens with one attached hydrogen (secondary N) is 1. The van der Waals surface area contributed by atoms with Crippen molar-refractivity contribution >= 4 is 28.5 Å². The molecule has 0 radical (unpaired) electrons. The number of hydrogen-bond donors (Lipinski definition) is 1. The van der Waals surface area contributed by atoms with Crippen LogP contribution >= 0.6 is 11.6 Å². The molecule has 0 saturated heterocycles. The number of halogens is 1. The molecule has 1 rings (SSSR count). The van der Waals surface area contributed by atoms with Crippen molar-refractivity contribution < 1.29 is 14.4 Å². The summed E-state index contributed by atoms with van der Waals surface area (Å²) in [6, 6.07) is 8.65. The van der Waals surface area contributed by atoms with Gasteiger partial charge in [0.1, 0.15) is 0 Å². The molecule has 68 valence electrons. The predicted octanol–water partition coefficient (Wildman–Crippen LogP) is 1.32. The highest BCUT2D eigenvalue weighted by Crippen LogP contribution is 2.04. The van der Waals surface area contributed by atoms with E-state index in [1.807, 2.05) is 0 Å². The molecule has 1 aromatic carbocycles. The summed E-state index contributed by atoms with van der Waals surface area (Å²) in [6.45, 7) is 0. The lowest BCUT2D eigenvalue weighted by Crippen LogP contribution is -2.15. The van der Waals surface area contributed by atoms with E-state index in [1.54, 1.807) is 30.3 Å². The van der Waals surface area contributed by atoms with E-state index in [9.17, 15) is 9.59 Å². The zero-order valence-corrected chi connectivity index (χ0v) is 7.25. The van der Waals surface area contributed by atoms with Crippen molar-refractivity contribution in [2.75, 3.05) is 5.48 Å². The van der Waals surface area contributed by atoms with E-state index >= 15 is 0 Å². The lowest BCUT2D eigenvalue weighted by atomic mass is 10.3. The van der Waals surface area contributed by atoms with Gasteiger partial charge < -0.3 is 4.84 Å². The van der Waals surface area contributed by atoms with Crippen molar-refractivity contribution in [3.63, 3.8) is 0 Å². The maximum atomic E-state index is 10.5. The molecule has 0 amide bonds. The Morgan fingerprint density at radius 2 is 1.85 bits per heavy atom. The molecular weight excluding hydrogens is 194 g/mol. The molecule has 0 fully saturated rings. The number of carbonyl (C=O) groups excluding carboxylic acids is 2. The highest BCUT2D eigenvalue weighted by molar-refractivity contribution is 6.80. The molecule has 0 aliphatic heterocycles. The second-order valence-corrected chi connectivity index (χ2v) is 2.47. The molecule has 0 aromatic heterocycles. The largest absolute Gasteiger partial charge is 0.415 e. The third-order valence-electron chi connectivity index (χ3n) is 1.20. The van der Waals surface area contributed by atoms with Gasteiger partial charge in [-0.05, 0) is 23.7 Å². The summed E-state index contributed by atoms with van der Waals surface area (Å²) in [6.07, 6.45) is 0. The Labute approximate surface area is 79.4 Å². The number of hydrogen-bond acceptors (Lipinski definition) is 4. The van der Waals surface area contributed by atoms with Crippen LogP contribution in [0.4, 0.5) is 5.69 Å². The molecule has 0 bridgehead atoms. The molecular formula is C8H6ClNO3. The summed E-state index contributed by atoms with van der Waals surface area (Å²) in [5.41, 5.74) is 2.83. The first kappa shape index (κ1) is 9.54. The summed E-state index contributed by atoms with van der Waals surface area (Å²) >= 11 is 4.84.